The SMILES string of the molecule is COc1cc([C@@H]2C(=C(O)c3ccc4c(c3)C[C@H](C)O4)C(=O)C(=O)N2c2nc3ccc(Cl)cc3s2)ccc1OCCC(C)C. The molecule has 43 heavy (non-hydrogen) atoms. The first-order chi connectivity index (χ1) is 20.6. The second-order valence-corrected chi connectivity index (χ2v) is 12.6. The van der Waals surface area contributed by atoms with E-state index in [1.807, 2.05) is 13.0 Å². The number of carbonyl (C=O) groups excluding carboxylic acids is 2. The first-order valence-electron chi connectivity index (χ1n) is 14.1. The summed E-state index contributed by atoms with van der Waals surface area (Å²) in [6, 6.07) is 14.9. The summed E-state index contributed by atoms with van der Waals surface area (Å²) >= 11 is 7.46. The second-order valence-electron chi connectivity index (χ2n) is 11.2. The lowest BCUT2D eigenvalue weighted by molar-refractivity contribution is -0.132. The summed E-state index contributed by atoms with van der Waals surface area (Å²) in [5.74, 6) is 0.355. The van der Waals surface area contributed by atoms with E-state index in [2.05, 4.69) is 18.8 Å². The monoisotopic (exact) mass is 618 g/mol. The molecular formula is C33H31ClN2O6S. The number of nitrogens with zero attached hydrogens (tertiary/aromatic N) is 2. The average Bonchev–Trinajstić information content (AvgIpc) is 3.64. The summed E-state index contributed by atoms with van der Waals surface area (Å²) in [4.78, 5) is 33.5. The Bertz CT molecular complexity index is 1780. The van der Waals surface area contributed by atoms with Crippen molar-refractivity contribution in [3.05, 3.63) is 81.9 Å². The molecule has 10 heteroatoms. The van der Waals surface area contributed by atoms with Gasteiger partial charge in [-0.3, -0.25) is 14.5 Å². The topological polar surface area (TPSA) is 98.2 Å². The number of halogens is 1. The van der Waals surface area contributed by atoms with Gasteiger partial charge in [0.25, 0.3) is 5.78 Å². The minimum Gasteiger partial charge on any atom is -0.507 e. The number of aliphatic hydroxyl groups is 1. The fourth-order valence-electron chi connectivity index (χ4n) is 5.44. The van der Waals surface area contributed by atoms with Gasteiger partial charge in [0.15, 0.2) is 16.6 Å². The highest BCUT2D eigenvalue weighted by Crippen LogP contribution is 2.46. The number of anilines is 1. The van der Waals surface area contributed by atoms with Gasteiger partial charge in [0.05, 0.1) is 35.5 Å². The molecule has 1 aromatic heterocycles. The molecule has 4 aromatic rings. The molecule has 0 spiro atoms. The minimum absolute atomic E-state index is 0.0132. The molecule has 3 aromatic carbocycles. The van der Waals surface area contributed by atoms with E-state index in [9.17, 15) is 14.7 Å². The summed E-state index contributed by atoms with van der Waals surface area (Å²) in [7, 11) is 1.54. The van der Waals surface area contributed by atoms with Crippen LogP contribution in [0.2, 0.25) is 5.02 Å². The maximum absolute atomic E-state index is 13.7. The Morgan fingerprint density at radius 2 is 1.95 bits per heavy atom. The third-order valence-electron chi connectivity index (χ3n) is 7.62. The van der Waals surface area contributed by atoms with Crippen LogP contribution in [0.25, 0.3) is 16.0 Å². The van der Waals surface area contributed by atoms with Crippen molar-refractivity contribution in [3.8, 4) is 17.2 Å². The molecule has 2 aliphatic heterocycles. The highest BCUT2D eigenvalue weighted by molar-refractivity contribution is 7.22. The molecule has 2 aliphatic rings. The number of methoxy groups -OCH3 is 1. The van der Waals surface area contributed by atoms with Crippen LogP contribution >= 0.6 is 22.9 Å². The largest absolute Gasteiger partial charge is 0.507 e. The maximum atomic E-state index is 13.7. The van der Waals surface area contributed by atoms with Crippen molar-refractivity contribution in [2.75, 3.05) is 18.6 Å². The number of hydrogen-bond donors (Lipinski definition) is 1. The summed E-state index contributed by atoms with van der Waals surface area (Å²) < 4.78 is 18.2. The van der Waals surface area contributed by atoms with Crippen molar-refractivity contribution in [2.45, 2.75) is 45.8 Å². The second kappa shape index (κ2) is 11.5. The van der Waals surface area contributed by atoms with Crippen molar-refractivity contribution < 1.29 is 28.9 Å². The molecule has 1 saturated heterocycles. The zero-order valence-electron chi connectivity index (χ0n) is 24.2. The number of aromatic nitrogens is 1. The molecule has 222 valence electrons. The zero-order chi connectivity index (χ0) is 30.4. The predicted molar refractivity (Wildman–Crippen MR) is 168 cm³/mol. The summed E-state index contributed by atoms with van der Waals surface area (Å²) in [5.41, 5.74) is 2.52. The summed E-state index contributed by atoms with van der Waals surface area (Å²) in [6.45, 7) is 6.73. The van der Waals surface area contributed by atoms with Gasteiger partial charge in [-0.2, -0.15) is 0 Å². The first-order valence-corrected chi connectivity index (χ1v) is 15.3. The number of fused-ring (bicyclic) bond motifs is 2. The van der Waals surface area contributed by atoms with Crippen molar-refractivity contribution >= 4 is 55.7 Å². The number of hydrogen-bond acceptors (Lipinski definition) is 8. The van der Waals surface area contributed by atoms with Crippen molar-refractivity contribution in [1.82, 2.24) is 4.98 Å². The number of ether oxygens (including phenoxy) is 3. The first kappa shape index (κ1) is 29.0. The van der Waals surface area contributed by atoms with Gasteiger partial charge in [-0.05, 0) is 78.9 Å². The zero-order valence-corrected chi connectivity index (χ0v) is 25.8. The summed E-state index contributed by atoms with van der Waals surface area (Å²) in [6.07, 6.45) is 1.56. The van der Waals surface area contributed by atoms with Gasteiger partial charge >= 0.3 is 5.91 Å². The van der Waals surface area contributed by atoms with E-state index in [0.717, 1.165) is 22.4 Å². The van der Waals surface area contributed by atoms with Crippen molar-refractivity contribution in [2.24, 2.45) is 5.92 Å². The van der Waals surface area contributed by atoms with Gasteiger partial charge in [0.1, 0.15) is 17.6 Å². The average molecular weight is 619 g/mol. The van der Waals surface area contributed by atoms with Gasteiger partial charge in [-0.15, -0.1) is 0 Å². The number of amides is 1. The quantitative estimate of drug-likeness (QED) is 0.125. The molecule has 1 amide bonds. The van der Waals surface area contributed by atoms with Gasteiger partial charge < -0.3 is 19.3 Å². The van der Waals surface area contributed by atoms with Crippen LogP contribution in [0.5, 0.6) is 17.2 Å². The molecular weight excluding hydrogens is 588 g/mol. The van der Waals surface area contributed by atoms with Gasteiger partial charge in [-0.25, -0.2) is 4.98 Å². The van der Waals surface area contributed by atoms with Crippen LogP contribution in [-0.2, 0) is 16.0 Å². The number of carbonyl (C=O) groups is 2. The van der Waals surface area contributed by atoms with Crippen LogP contribution in [0.4, 0.5) is 5.13 Å². The number of thiazole rings is 1. The standard InChI is InChI=1S/C33H31ClN2O6S/c1-17(2)11-12-41-25-10-5-19(15-26(25)40-4)29-28(30(37)20-6-9-24-21(14-20)13-18(3)42-24)31(38)32(39)36(29)33-35-23-8-7-22(34)16-27(23)43-33/h5-10,14-18,29,37H,11-13H2,1-4H3/t18-,29+/m0/s1. The minimum atomic E-state index is -0.974. The number of Topliss-reactive ketones (excluding diaryl/α,β-unsaturated/α-hetero) is 1. The van der Waals surface area contributed by atoms with Gasteiger partial charge in [-0.1, -0.05) is 42.9 Å². The smallest absolute Gasteiger partial charge is 0.301 e. The van der Waals surface area contributed by atoms with Crippen LogP contribution in [0.3, 0.4) is 0 Å². The van der Waals surface area contributed by atoms with Crippen LogP contribution in [-0.4, -0.2) is 41.6 Å². The van der Waals surface area contributed by atoms with E-state index in [4.69, 9.17) is 25.8 Å². The van der Waals surface area contributed by atoms with Crippen LogP contribution < -0.4 is 19.1 Å². The molecule has 0 radical (unpaired) electrons. The molecule has 3 heterocycles. The Kier molecular flexibility index (Phi) is 7.79. The van der Waals surface area contributed by atoms with E-state index in [-0.39, 0.29) is 17.4 Å². The van der Waals surface area contributed by atoms with Crippen LogP contribution in [0, 0.1) is 5.92 Å². The molecule has 2 atom stereocenters. The predicted octanol–water partition coefficient (Wildman–Crippen LogP) is 7.33. The highest BCUT2D eigenvalue weighted by Gasteiger charge is 2.48. The molecule has 0 unspecified atom stereocenters. The van der Waals surface area contributed by atoms with E-state index in [1.165, 1.54) is 23.3 Å². The number of ketones is 1. The number of aliphatic hydroxyl groups excluding tert-OH is 1. The molecule has 1 fully saturated rings. The molecule has 1 N–H and O–H groups in total. The lowest BCUT2D eigenvalue weighted by Gasteiger charge is -2.24. The Balaban J connectivity index is 1.49. The molecule has 0 bridgehead atoms. The third-order valence-corrected chi connectivity index (χ3v) is 8.87. The maximum Gasteiger partial charge on any atom is 0.301 e. The number of rotatable bonds is 8. The Morgan fingerprint density at radius 1 is 1.14 bits per heavy atom. The fraction of sp³-hybridized carbons (Fsp3) is 0.303. The van der Waals surface area contributed by atoms with Crippen molar-refractivity contribution in [1.29, 1.82) is 0 Å². The van der Waals surface area contributed by atoms with Gasteiger partial charge in [0.2, 0.25) is 0 Å². The van der Waals surface area contributed by atoms with E-state index < -0.39 is 17.7 Å². The van der Waals surface area contributed by atoms with Gasteiger partial charge in [0, 0.05) is 17.0 Å². The fourth-order valence-corrected chi connectivity index (χ4v) is 6.71. The molecule has 0 saturated carbocycles. The third kappa shape index (κ3) is 5.43. The summed E-state index contributed by atoms with van der Waals surface area (Å²) in [5, 5.41) is 12.5. The van der Waals surface area contributed by atoms with Crippen LogP contribution in [0.1, 0.15) is 49.9 Å². The van der Waals surface area contributed by atoms with E-state index >= 15 is 0 Å². The van der Waals surface area contributed by atoms with E-state index in [1.54, 1.807) is 48.5 Å². The molecule has 0 aliphatic carbocycles. The molecule has 6 rings (SSSR count). The van der Waals surface area contributed by atoms with E-state index in [0.29, 0.717) is 57.2 Å². The molecule has 8 nitrogen and oxygen atoms in total. The highest BCUT2D eigenvalue weighted by atomic mass is 35.5. The Morgan fingerprint density at radius 3 is 2.72 bits per heavy atom. The van der Waals surface area contributed by atoms with Crippen LogP contribution in [0.15, 0.2) is 60.2 Å². The number of benzene rings is 3. The lowest BCUT2D eigenvalue weighted by atomic mass is 9.94. The normalized spacial score (nSPS) is 19.3. The van der Waals surface area contributed by atoms with Crippen molar-refractivity contribution in [3.63, 3.8) is 0 Å². The Hall–Kier alpha value is -4.08. The lowest BCUT2D eigenvalue weighted by Crippen LogP contribution is -2.29. The Labute approximate surface area is 258 Å².